The van der Waals surface area contributed by atoms with Gasteiger partial charge in [-0.05, 0) is 29.7 Å². The minimum atomic E-state index is -0.108. The van der Waals surface area contributed by atoms with E-state index in [9.17, 15) is 9.59 Å². The zero-order chi connectivity index (χ0) is 19.8. The van der Waals surface area contributed by atoms with Crippen molar-refractivity contribution in [3.8, 4) is 11.5 Å². The molecule has 2 aromatic rings. The van der Waals surface area contributed by atoms with Crippen molar-refractivity contribution in [3.63, 3.8) is 0 Å². The van der Waals surface area contributed by atoms with Crippen molar-refractivity contribution in [3.05, 3.63) is 59.7 Å². The van der Waals surface area contributed by atoms with Crippen molar-refractivity contribution in [1.29, 1.82) is 0 Å². The lowest BCUT2D eigenvalue weighted by Gasteiger charge is -2.22. The number of carbonyl (C=O) groups excluding carboxylic acids is 2. The highest BCUT2D eigenvalue weighted by atomic mass is 16.6. The number of amides is 2. The van der Waals surface area contributed by atoms with E-state index < -0.39 is 0 Å². The van der Waals surface area contributed by atoms with Crippen LogP contribution in [-0.4, -0.2) is 31.6 Å². The molecule has 1 aliphatic rings. The van der Waals surface area contributed by atoms with Gasteiger partial charge in [0.25, 0.3) is 0 Å². The molecule has 2 N–H and O–H groups in total. The molecular weight excluding hydrogens is 356 g/mol. The fourth-order valence-electron chi connectivity index (χ4n) is 3.12. The molecule has 6 nitrogen and oxygen atoms in total. The monoisotopic (exact) mass is 382 g/mol. The van der Waals surface area contributed by atoms with Crippen LogP contribution in [0.4, 0.5) is 0 Å². The number of ether oxygens (including phenoxy) is 2. The van der Waals surface area contributed by atoms with Gasteiger partial charge in [-0.15, -0.1) is 0 Å². The maximum atomic E-state index is 12.3. The highest BCUT2D eigenvalue weighted by molar-refractivity contribution is 5.80. The molecule has 6 heteroatoms. The van der Waals surface area contributed by atoms with Gasteiger partial charge in [-0.2, -0.15) is 0 Å². The average Bonchev–Trinajstić information content (AvgIpc) is 2.72. The van der Waals surface area contributed by atoms with Gasteiger partial charge in [-0.3, -0.25) is 9.59 Å². The van der Waals surface area contributed by atoms with Crippen LogP contribution in [0.3, 0.4) is 0 Å². The minimum absolute atomic E-state index is 0.0853. The third kappa shape index (κ3) is 5.49. The summed E-state index contributed by atoms with van der Waals surface area (Å²) in [4.78, 5) is 24.3. The van der Waals surface area contributed by atoms with Crippen LogP contribution in [0.5, 0.6) is 11.5 Å². The Kier molecular flexibility index (Phi) is 6.89. The third-order valence-electron chi connectivity index (χ3n) is 4.59. The van der Waals surface area contributed by atoms with Crippen molar-refractivity contribution < 1.29 is 19.1 Å². The first-order valence-corrected chi connectivity index (χ1v) is 9.65. The molecule has 0 bridgehead atoms. The second kappa shape index (κ2) is 9.78. The molecule has 1 heterocycles. The Balaban J connectivity index is 1.46. The van der Waals surface area contributed by atoms with Crippen LogP contribution in [0.15, 0.2) is 48.5 Å². The normalized spacial score (nSPS) is 13.5. The summed E-state index contributed by atoms with van der Waals surface area (Å²) >= 11 is 0. The van der Waals surface area contributed by atoms with E-state index in [-0.39, 0.29) is 24.3 Å². The second-order valence-corrected chi connectivity index (χ2v) is 6.69. The van der Waals surface area contributed by atoms with E-state index >= 15 is 0 Å². The Morgan fingerprint density at radius 2 is 1.75 bits per heavy atom. The quantitative estimate of drug-likeness (QED) is 0.736. The largest absolute Gasteiger partial charge is 0.486 e. The zero-order valence-corrected chi connectivity index (χ0v) is 16.1. The summed E-state index contributed by atoms with van der Waals surface area (Å²) in [5, 5.41) is 5.82. The van der Waals surface area contributed by atoms with E-state index in [0.29, 0.717) is 31.9 Å². The SMILES string of the molecule is CCC(NC(=O)CCNC(=O)Cc1ccccc1)c1ccc2c(c1)OCCO2. The van der Waals surface area contributed by atoms with Crippen LogP contribution >= 0.6 is 0 Å². The summed E-state index contributed by atoms with van der Waals surface area (Å²) in [5.41, 5.74) is 1.93. The Morgan fingerprint density at radius 3 is 2.50 bits per heavy atom. The van der Waals surface area contributed by atoms with Crippen LogP contribution < -0.4 is 20.1 Å². The van der Waals surface area contributed by atoms with E-state index in [1.54, 1.807) is 0 Å². The molecule has 0 saturated heterocycles. The van der Waals surface area contributed by atoms with Crippen LogP contribution in [0.1, 0.15) is 36.9 Å². The molecule has 28 heavy (non-hydrogen) atoms. The topological polar surface area (TPSA) is 76.7 Å². The molecule has 2 aromatic carbocycles. The Labute approximate surface area is 165 Å². The molecule has 0 saturated carbocycles. The predicted molar refractivity (Wildman–Crippen MR) is 106 cm³/mol. The standard InChI is InChI=1S/C22H26N2O4/c1-2-18(17-8-9-19-20(15-17)28-13-12-27-19)24-21(25)10-11-23-22(26)14-16-6-4-3-5-7-16/h3-9,15,18H,2,10-14H2,1H3,(H,23,26)(H,24,25). The van der Waals surface area contributed by atoms with Crippen LogP contribution in [0.2, 0.25) is 0 Å². The summed E-state index contributed by atoms with van der Waals surface area (Å²) < 4.78 is 11.2. The number of nitrogens with one attached hydrogen (secondary N) is 2. The number of benzene rings is 2. The maximum absolute atomic E-state index is 12.3. The molecule has 3 rings (SSSR count). The van der Waals surface area contributed by atoms with Crippen molar-refractivity contribution in [2.24, 2.45) is 0 Å². The van der Waals surface area contributed by atoms with Crippen molar-refractivity contribution in [1.82, 2.24) is 10.6 Å². The van der Waals surface area contributed by atoms with Crippen LogP contribution in [0.25, 0.3) is 0 Å². The van der Waals surface area contributed by atoms with E-state index in [1.807, 2.05) is 55.5 Å². The molecular formula is C22H26N2O4. The van der Waals surface area contributed by atoms with Gasteiger partial charge in [0.1, 0.15) is 13.2 Å². The van der Waals surface area contributed by atoms with E-state index in [4.69, 9.17) is 9.47 Å². The molecule has 0 aliphatic carbocycles. The Morgan fingerprint density at radius 1 is 1.00 bits per heavy atom. The smallest absolute Gasteiger partial charge is 0.224 e. The van der Waals surface area contributed by atoms with E-state index in [2.05, 4.69) is 10.6 Å². The zero-order valence-electron chi connectivity index (χ0n) is 16.1. The highest BCUT2D eigenvalue weighted by Crippen LogP contribution is 2.33. The Hall–Kier alpha value is -3.02. The fourth-order valence-corrected chi connectivity index (χ4v) is 3.12. The van der Waals surface area contributed by atoms with Gasteiger partial charge in [0.2, 0.25) is 11.8 Å². The molecule has 148 valence electrons. The molecule has 1 atom stereocenters. The van der Waals surface area contributed by atoms with Crippen molar-refractivity contribution in [2.45, 2.75) is 32.2 Å². The number of carbonyl (C=O) groups is 2. The number of hydrogen-bond acceptors (Lipinski definition) is 4. The third-order valence-corrected chi connectivity index (χ3v) is 4.59. The lowest BCUT2D eigenvalue weighted by Crippen LogP contribution is -2.33. The molecule has 0 aromatic heterocycles. The van der Waals surface area contributed by atoms with E-state index in [1.165, 1.54) is 0 Å². The number of fused-ring (bicyclic) bond motifs is 1. The van der Waals surface area contributed by atoms with Gasteiger partial charge in [0.15, 0.2) is 11.5 Å². The second-order valence-electron chi connectivity index (χ2n) is 6.69. The van der Waals surface area contributed by atoms with Gasteiger partial charge >= 0.3 is 0 Å². The van der Waals surface area contributed by atoms with Crippen molar-refractivity contribution >= 4 is 11.8 Å². The van der Waals surface area contributed by atoms with Gasteiger partial charge in [-0.1, -0.05) is 43.3 Å². The lowest BCUT2D eigenvalue weighted by atomic mass is 10.0. The molecule has 2 amide bonds. The van der Waals surface area contributed by atoms with Gasteiger partial charge in [0, 0.05) is 13.0 Å². The van der Waals surface area contributed by atoms with Crippen LogP contribution in [-0.2, 0) is 16.0 Å². The van der Waals surface area contributed by atoms with E-state index in [0.717, 1.165) is 23.3 Å². The molecule has 0 spiro atoms. The first-order valence-electron chi connectivity index (χ1n) is 9.65. The van der Waals surface area contributed by atoms with Gasteiger partial charge < -0.3 is 20.1 Å². The van der Waals surface area contributed by atoms with Crippen molar-refractivity contribution in [2.75, 3.05) is 19.8 Å². The summed E-state index contributed by atoms with van der Waals surface area (Å²) in [5.74, 6) is 1.27. The summed E-state index contributed by atoms with van der Waals surface area (Å²) in [6, 6.07) is 15.2. The van der Waals surface area contributed by atoms with Gasteiger partial charge in [-0.25, -0.2) is 0 Å². The molecule has 1 aliphatic heterocycles. The number of hydrogen-bond donors (Lipinski definition) is 2. The minimum Gasteiger partial charge on any atom is -0.486 e. The Bertz CT molecular complexity index is 807. The maximum Gasteiger partial charge on any atom is 0.224 e. The molecule has 0 fully saturated rings. The fraction of sp³-hybridized carbons (Fsp3) is 0.364. The lowest BCUT2D eigenvalue weighted by molar-refractivity contribution is -0.122. The predicted octanol–water partition coefficient (Wildman–Crippen LogP) is 2.77. The average molecular weight is 382 g/mol. The summed E-state index contributed by atoms with van der Waals surface area (Å²) in [6.45, 7) is 3.41. The first kappa shape index (κ1) is 19.7. The van der Waals surface area contributed by atoms with Crippen LogP contribution in [0, 0.1) is 0 Å². The summed E-state index contributed by atoms with van der Waals surface area (Å²) in [7, 11) is 0. The number of rotatable bonds is 8. The highest BCUT2D eigenvalue weighted by Gasteiger charge is 2.17. The molecule has 0 radical (unpaired) electrons. The summed E-state index contributed by atoms with van der Waals surface area (Å²) in [6.07, 6.45) is 1.31. The van der Waals surface area contributed by atoms with Gasteiger partial charge in [0.05, 0.1) is 12.5 Å². The molecule has 1 unspecified atom stereocenters. The first-order chi connectivity index (χ1) is 13.7.